The van der Waals surface area contributed by atoms with E-state index < -0.39 is 0 Å². The molecule has 1 N–H and O–H groups in total. The Morgan fingerprint density at radius 3 is 2.50 bits per heavy atom. The van der Waals surface area contributed by atoms with Gasteiger partial charge in [0.25, 0.3) is 0 Å². The van der Waals surface area contributed by atoms with Gasteiger partial charge in [0.1, 0.15) is 11.6 Å². The van der Waals surface area contributed by atoms with Gasteiger partial charge >= 0.3 is 0 Å². The van der Waals surface area contributed by atoms with E-state index in [9.17, 15) is 4.39 Å². The van der Waals surface area contributed by atoms with Crippen LogP contribution in [-0.4, -0.2) is 16.5 Å². The summed E-state index contributed by atoms with van der Waals surface area (Å²) in [6.07, 6.45) is 0.872. The molecule has 1 heterocycles. The summed E-state index contributed by atoms with van der Waals surface area (Å²) in [7, 11) is 0. The minimum atomic E-state index is -0.228. The molecule has 20 heavy (non-hydrogen) atoms. The number of aryl methyl sites for hydroxylation is 2. The molecule has 2 aromatic rings. The van der Waals surface area contributed by atoms with Crippen LogP contribution in [0, 0.1) is 19.7 Å². The second-order valence-electron chi connectivity index (χ2n) is 4.81. The van der Waals surface area contributed by atoms with Crippen LogP contribution in [-0.2, 0) is 6.42 Å². The molecule has 1 aromatic carbocycles. The van der Waals surface area contributed by atoms with Crippen molar-refractivity contribution in [1.29, 1.82) is 0 Å². The third-order valence-corrected chi connectivity index (χ3v) is 3.34. The summed E-state index contributed by atoms with van der Waals surface area (Å²) in [5.74, 6) is 1.18. The van der Waals surface area contributed by atoms with Crippen LogP contribution in [0.5, 0.6) is 0 Å². The predicted octanol–water partition coefficient (Wildman–Crippen LogP) is 3.89. The number of hydrogen-bond acceptors (Lipinski definition) is 3. The Hall–Kier alpha value is -1.97. The number of hydrogen-bond donors (Lipinski definition) is 1. The highest BCUT2D eigenvalue weighted by atomic mass is 19.1. The van der Waals surface area contributed by atoms with Crippen LogP contribution < -0.4 is 5.32 Å². The van der Waals surface area contributed by atoms with E-state index in [2.05, 4.69) is 22.2 Å². The highest BCUT2D eigenvalue weighted by molar-refractivity contribution is 5.60. The first-order valence-corrected chi connectivity index (χ1v) is 6.94. The molecular weight excluding hydrogens is 253 g/mol. The third-order valence-electron chi connectivity index (χ3n) is 3.34. The van der Waals surface area contributed by atoms with Crippen LogP contribution in [0.25, 0.3) is 11.4 Å². The van der Waals surface area contributed by atoms with Crippen molar-refractivity contribution >= 4 is 5.82 Å². The fourth-order valence-electron chi connectivity index (χ4n) is 2.19. The molecule has 0 fully saturated rings. The highest BCUT2D eigenvalue weighted by Crippen LogP contribution is 2.24. The van der Waals surface area contributed by atoms with Crippen LogP contribution in [0.2, 0.25) is 0 Å². The van der Waals surface area contributed by atoms with E-state index in [0.29, 0.717) is 17.0 Å². The van der Waals surface area contributed by atoms with Crippen molar-refractivity contribution in [3.8, 4) is 11.4 Å². The minimum absolute atomic E-state index is 0.228. The van der Waals surface area contributed by atoms with Gasteiger partial charge in [-0.25, -0.2) is 14.4 Å². The number of aromatic nitrogens is 2. The lowest BCUT2D eigenvalue weighted by atomic mass is 10.1. The molecule has 1 aromatic heterocycles. The van der Waals surface area contributed by atoms with E-state index in [4.69, 9.17) is 0 Å². The topological polar surface area (TPSA) is 37.8 Å². The Kier molecular flexibility index (Phi) is 4.32. The second kappa shape index (κ2) is 5.99. The summed E-state index contributed by atoms with van der Waals surface area (Å²) in [5.41, 5.74) is 3.39. The molecule has 0 unspecified atom stereocenters. The number of nitrogens with one attached hydrogen (secondary N) is 1. The van der Waals surface area contributed by atoms with E-state index in [1.807, 2.05) is 19.9 Å². The van der Waals surface area contributed by atoms with Crippen LogP contribution in [0.15, 0.2) is 18.2 Å². The van der Waals surface area contributed by atoms with E-state index in [1.165, 1.54) is 6.07 Å². The molecule has 0 saturated carbocycles. The van der Waals surface area contributed by atoms with Crippen molar-refractivity contribution in [2.45, 2.75) is 34.1 Å². The van der Waals surface area contributed by atoms with E-state index in [1.54, 1.807) is 13.0 Å². The maximum absolute atomic E-state index is 13.7. The van der Waals surface area contributed by atoms with Gasteiger partial charge in [-0.3, -0.25) is 0 Å². The molecule has 0 amide bonds. The van der Waals surface area contributed by atoms with Gasteiger partial charge < -0.3 is 5.32 Å². The Morgan fingerprint density at radius 2 is 1.90 bits per heavy atom. The SMILES string of the molecule is CCNc1nc(-c2ccc(C)c(F)c2)nc(C)c1CC. The molecule has 0 aliphatic carbocycles. The van der Waals surface area contributed by atoms with Crippen LogP contribution in [0.1, 0.15) is 30.7 Å². The Balaban J connectivity index is 2.54. The van der Waals surface area contributed by atoms with Gasteiger partial charge in [-0.05, 0) is 38.8 Å². The van der Waals surface area contributed by atoms with Crippen LogP contribution >= 0.6 is 0 Å². The average Bonchev–Trinajstić information content (AvgIpc) is 2.42. The van der Waals surface area contributed by atoms with Crippen molar-refractivity contribution in [1.82, 2.24) is 9.97 Å². The molecule has 0 aliphatic heterocycles. The molecule has 2 rings (SSSR count). The minimum Gasteiger partial charge on any atom is -0.370 e. The fraction of sp³-hybridized carbons (Fsp3) is 0.375. The Morgan fingerprint density at radius 1 is 1.15 bits per heavy atom. The summed E-state index contributed by atoms with van der Waals surface area (Å²) in [6.45, 7) is 8.62. The van der Waals surface area contributed by atoms with Crippen LogP contribution in [0.3, 0.4) is 0 Å². The Labute approximate surface area is 119 Å². The summed E-state index contributed by atoms with van der Waals surface area (Å²) in [5, 5.41) is 3.26. The molecule has 0 aliphatic rings. The zero-order chi connectivity index (χ0) is 14.7. The zero-order valence-electron chi connectivity index (χ0n) is 12.4. The number of rotatable bonds is 4. The molecule has 0 saturated heterocycles. The van der Waals surface area contributed by atoms with Gasteiger partial charge in [-0.2, -0.15) is 0 Å². The van der Waals surface area contributed by atoms with Crippen molar-refractivity contribution < 1.29 is 4.39 Å². The standard InChI is InChI=1S/C16H20FN3/c1-5-13-11(4)19-15(20-16(13)18-6-2)12-8-7-10(3)14(17)9-12/h7-9H,5-6H2,1-4H3,(H,18,19,20). The summed E-state index contributed by atoms with van der Waals surface area (Å²) in [4.78, 5) is 9.06. The quantitative estimate of drug-likeness (QED) is 0.918. The van der Waals surface area contributed by atoms with Crippen molar-refractivity contribution in [3.05, 3.63) is 40.8 Å². The third kappa shape index (κ3) is 2.79. The molecule has 3 nitrogen and oxygen atoms in total. The molecule has 0 bridgehead atoms. The lowest BCUT2D eigenvalue weighted by molar-refractivity contribution is 0.619. The smallest absolute Gasteiger partial charge is 0.161 e. The molecule has 0 radical (unpaired) electrons. The number of halogens is 1. The maximum atomic E-state index is 13.7. The maximum Gasteiger partial charge on any atom is 0.161 e. The average molecular weight is 273 g/mol. The van der Waals surface area contributed by atoms with Crippen molar-refractivity contribution in [3.63, 3.8) is 0 Å². The van der Waals surface area contributed by atoms with E-state index in [-0.39, 0.29) is 5.82 Å². The number of benzene rings is 1. The van der Waals surface area contributed by atoms with Gasteiger partial charge in [0.15, 0.2) is 5.82 Å². The predicted molar refractivity (Wildman–Crippen MR) is 80.4 cm³/mol. The van der Waals surface area contributed by atoms with Gasteiger partial charge in [0, 0.05) is 23.4 Å². The van der Waals surface area contributed by atoms with Crippen molar-refractivity contribution in [2.75, 3.05) is 11.9 Å². The zero-order valence-corrected chi connectivity index (χ0v) is 12.4. The monoisotopic (exact) mass is 273 g/mol. The summed E-state index contributed by atoms with van der Waals surface area (Å²) >= 11 is 0. The largest absolute Gasteiger partial charge is 0.370 e. The van der Waals surface area contributed by atoms with Gasteiger partial charge in [-0.1, -0.05) is 19.1 Å². The first-order valence-electron chi connectivity index (χ1n) is 6.94. The number of nitrogens with zero attached hydrogens (tertiary/aromatic N) is 2. The Bertz CT molecular complexity index is 623. The first-order chi connectivity index (χ1) is 9.56. The summed E-state index contributed by atoms with van der Waals surface area (Å²) < 4.78 is 13.7. The van der Waals surface area contributed by atoms with Crippen LogP contribution in [0.4, 0.5) is 10.2 Å². The first kappa shape index (κ1) is 14.4. The molecule has 0 atom stereocenters. The molecule has 106 valence electrons. The van der Waals surface area contributed by atoms with Gasteiger partial charge in [0.05, 0.1) is 0 Å². The lowest BCUT2D eigenvalue weighted by Crippen LogP contribution is -2.08. The van der Waals surface area contributed by atoms with Gasteiger partial charge in [0.2, 0.25) is 0 Å². The fourth-order valence-corrected chi connectivity index (χ4v) is 2.19. The highest BCUT2D eigenvalue weighted by Gasteiger charge is 2.12. The molecule has 4 heteroatoms. The van der Waals surface area contributed by atoms with Gasteiger partial charge in [-0.15, -0.1) is 0 Å². The second-order valence-corrected chi connectivity index (χ2v) is 4.81. The number of anilines is 1. The summed E-state index contributed by atoms with van der Waals surface area (Å²) in [6, 6.07) is 5.10. The lowest BCUT2D eigenvalue weighted by Gasteiger charge is -2.13. The van der Waals surface area contributed by atoms with E-state index >= 15 is 0 Å². The normalized spacial score (nSPS) is 10.7. The molecule has 0 spiro atoms. The molecular formula is C16H20FN3. The van der Waals surface area contributed by atoms with E-state index in [0.717, 1.165) is 30.0 Å². The van der Waals surface area contributed by atoms with Crippen molar-refractivity contribution in [2.24, 2.45) is 0 Å².